The van der Waals surface area contributed by atoms with Crippen molar-refractivity contribution in [2.75, 3.05) is 13.2 Å². The predicted molar refractivity (Wildman–Crippen MR) is 68.2 cm³/mol. The molecule has 7 heteroatoms. The molecule has 1 unspecified atom stereocenters. The van der Waals surface area contributed by atoms with E-state index in [0.717, 1.165) is 0 Å². The Balaban J connectivity index is 2.37. The lowest BCUT2D eigenvalue weighted by Crippen LogP contribution is -2.29. The molecule has 1 atom stereocenters. The molecule has 0 aliphatic heterocycles. The Bertz CT molecular complexity index is 445. The van der Waals surface area contributed by atoms with Crippen molar-refractivity contribution in [3.05, 3.63) is 29.3 Å². The highest BCUT2D eigenvalue weighted by Crippen LogP contribution is 2.15. The molecule has 0 spiro atoms. The highest BCUT2D eigenvalue weighted by molar-refractivity contribution is 6.30. The number of hydrogen-bond donors (Lipinski definition) is 1. The van der Waals surface area contributed by atoms with E-state index in [-0.39, 0.29) is 13.0 Å². The Kier molecular flexibility index (Phi) is 6.83. The van der Waals surface area contributed by atoms with E-state index in [4.69, 9.17) is 26.2 Å². The van der Waals surface area contributed by atoms with Crippen molar-refractivity contribution in [3.8, 4) is 5.75 Å². The summed E-state index contributed by atoms with van der Waals surface area (Å²) in [4.78, 5) is 21.5. The number of carbonyl (C=O) groups is 2. The molecule has 110 valence electrons. The van der Waals surface area contributed by atoms with Crippen LogP contribution < -0.4 is 9.84 Å². The fraction of sp³-hybridized carbons (Fsp3) is 0.385. The molecule has 1 aromatic carbocycles. The molecule has 0 bridgehead atoms. The topological polar surface area (TPSA) is 95.9 Å². The average Bonchev–Trinajstić information content (AvgIpc) is 2.43. The number of carbonyl (C=O) groups excluding carboxylic acids is 2. The van der Waals surface area contributed by atoms with Gasteiger partial charge >= 0.3 is 5.97 Å². The second-order valence-corrected chi connectivity index (χ2v) is 4.37. The van der Waals surface area contributed by atoms with Crippen LogP contribution in [0.4, 0.5) is 0 Å². The lowest BCUT2D eigenvalue weighted by Gasteiger charge is -2.16. The van der Waals surface area contributed by atoms with Gasteiger partial charge in [-0.05, 0) is 30.7 Å². The Labute approximate surface area is 120 Å². The van der Waals surface area contributed by atoms with Crippen LogP contribution in [0.2, 0.25) is 5.02 Å². The second-order valence-electron chi connectivity index (χ2n) is 3.93. The summed E-state index contributed by atoms with van der Waals surface area (Å²) in [6.45, 7) is -0.472. The van der Waals surface area contributed by atoms with Crippen molar-refractivity contribution in [3.63, 3.8) is 0 Å². The highest BCUT2D eigenvalue weighted by Gasteiger charge is 2.14. The first-order valence-corrected chi connectivity index (χ1v) is 6.27. The highest BCUT2D eigenvalue weighted by atomic mass is 35.5. The van der Waals surface area contributed by atoms with Crippen molar-refractivity contribution >= 4 is 23.5 Å². The van der Waals surface area contributed by atoms with Gasteiger partial charge in [0.05, 0.1) is 13.0 Å². The van der Waals surface area contributed by atoms with E-state index in [1.807, 2.05) is 0 Å². The van der Waals surface area contributed by atoms with Gasteiger partial charge in [0.15, 0.2) is 6.10 Å². The number of rotatable bonds is 8. The van der Waals surface area contributed by atoms with Crippen LogP contribution in [0.3, 0.4) is 0 Å². The summed E-state index contributed by atoms with van der Waals surface area (Å²) in [6, 6.07) is 6.54. The zero-order valence-corrected chi connectivity index (χ0v) is 11.3. The number of aliphatic hydroxyl groups excluding tert-OH is 1. The van der Waals surface area contributed by atoms with E-state index < -0.39 is 31.1 Å². The summed E-state index contributed by atoms with van der Waals surface area (Å²) in [6.07, 6.45) is -1.59. The van der Waals surface area contributed by atoms with Gasteiger partial charge in [-0.15, -0.1) is 0 Å². The van der Waals surface area contributed by atoms with E-state index in [0.29, 0.717) is 10.8 Å². The third-order valence-corrected chi connectivity index (χ3v) is 2.54. The van der Waals surface area contributed by atoms with E-state index in [1.54, 1.807) is 24.3 Å². The molecule has 1 aromatic rings. The van der Waals surface area contributed by atoms with Gasteiger partial charge in [0.1, 0.15) is 12.4 Å². The average molecular weight is 302 g/mol. The summed E-state index contributed by atoms with van der Waals surface area (Å²) in [5.41, 5.74) is 0. The van der Waals surface area contributed by atoms with Crippen molar-refractivity contribution in [1.29, 1.82) is 0 Å². The first-order chi connectivity index (χ1) is 9.51. The van der Waals surface area contributed by atoms with Gasteiger partial charge in [-0.1, -0.05) is 11.6 Å². The number of ether oxygens (including phenoxy) is 2. The van der Waals surface area contributed by atoms with Crippen molar-refractivity contribution in [1.82, 2.24) is 0 Å². The van der Waals surface area contributed by atoms with Crippen LogP contribution in [-0.4, -0.2) is 36.4 Å². The number of hydrogen-bond acceptors (Lipinski definition) is 6. The van der Waals surface area contributed by atoms with Crippen molar-refractivity contribution in [2.45, 2.75) is 18.9 Å². The molecule has 0 radical (unpaired) electrons. The molecule has 1 N–H and O–H groups in total. The van der Waals surface area contributed by atoms with Gasteiger partial charge in [-0.25, -0.2) is 0 Å². The Morgan fingerprint density at radius 3 is 2.45 bits per heavy atom. The Hall–Kier alpha value is -1.79. The fourth-order valence-corrected chi connectivity index (χ4v) is 1.42. The number of carboxylic acid groups (broad SMARTS) is 1. The van der Waals surface area contributed by atoms with Gasteiger partial charge in [0.2, 0.25) is 0 Å². The van der Waals surface area contributed by atoms with Crippen molar-refractivity contribution in [2.24, 2.45) is 0 Å². The molecule has 0 fully saturated rings. The van der Waals surface area contributed by atoms with Crippen LogP contribution in [0.25, 0.3) is 0 Å². The zero-order valence-electron chi connectivity index (χ0n) is 10.6. The Morgan fingerprint density at radius 2 is 1.90 bits per heavy atom. The molecule has 0 aliphatic rings. The third kappa shape index (κ3) is 6.40. The minimum Gasteiger partial charge on any atom is -0.550 e. The largest absolute Gasteiger partial charge is 0.550 e. The minimum atomic E-state index is -1.33. The number of halogens is 1. The van der Waals surface area contributed by atoms with E-state index in [1.165, 1.54) is 0 Å². The normalized spacial score (nSPS) is 11.7. The molecule has 0 amide bonds. The van der Waals surface area contributed by atoms with E-state index in [9.17, 15) is 14.7 Å². The summed E-state index contributed by atoms with van der Waals surface area (Å²) in [5, 5.41) is 19.8. The maximum absolute atomic E-state index is 11.3. The number of carboxylic acids is 1. The molecule has 0 aliphatic carbocycles. The lowest BCUT2D eigenvalue weighted by molar-refractivity contribution is -0.305. The van der Waals surface area contributed by atoms with Gasteiger partial charge < -0.3 is 24.5 Å². The summed E-state index contributed by atoms with van der Waals surface area (Å²) in [7, 11) is 0. The molecule has 20 heavy (non-hydrogen) atoms. The minimum absolute atomic E-state index is 0.0464. The van der Waals surface area contributed by atoms with E-state index in [2.05, 4.69) is 0 Å². The van der Waals surface area contributed by atoms with Gasteiger partial charge in [0.25, 0.3) is 0 Å². The third-order valence-electron chi connectivity index (χ3n) is 2.28. The Morgan fingerprint density at radius 1 is 1.25 bits per heavy atom. The SMILES string of the molecule is O=C([O-])CCC(=O)OC(CO)COc1ccc(Cl)cc1. The van der Waals surface area contributed by atoms with Crippen LogP contribution in [0.1, 0.15) is 12.8 Å². The standard InChI is InChI=1S/C13H15ClO6/c14-9-1-3-10(4-2-9)19-8-11(7-15)20-13(18)6-5-12(16)17/h1-4,11,15H,5-8H2,(H,16,17)/p-1. The van der Waals surface area contributed by atoms with Crippen molar-refractivity contribution < 1.29 is 29.3 Å². The molecular formula is C13H14ClO6-. The smallest absolute Gasteiger partial charge is 0.306 e. The summed E-state index contributed by atoms with van der Waals surface area (Å²) in [5.74, 6) is -1.55. The fourth-order valence-electron chi connectivity index (χ4n) is 1.29. The van der Waals surface area contributed by atoms with Crippen LogP contribution in [-0.2, 0) is 14.3 Å². The maximum Gasteiger partial charge on any atom is 0.306 e. The number of benzene rings is 1. The van der Waals surface area contributed by atoms with Crippen LogP contribution >= 0.6 is 11.6 Å². The van der Waals surface area contributed by atoms with Crippen LogP contribution in [0.15, 0.2) is 24.3 Å². The van der Waals surface area contributed by atoms with E-state index >= 15 is 0 Å². The monoisotopic (exact) mass is 301 g/mol. The summed E-state index contributed by atoms with van der Waals surface area (Å²) >= 11 is 5.71. The van der Waals surface area contributed by atoms with Gasteiger partial charge in [-0.3, -0.25) is 4.79 Å². The van der Waals surface area contributed by atoms with Crippen LogP contribution in [0, 0.1) is 0 Å². The number of aliphatic hydroxyl groups is 1. The summed E-state index contributed by atoms with van der Waals surface area (Å²) < 4.78 is 10.2. The molecule has 0 aromatic heterocycles. The molecule has 1 rings (SSSR count). The van der Waals surface area contributed by atoms with Crippen LogP contribution in [0.5, 0.6) is 5.75 Å². The second kappa shape index (κ2) is 8.39. The number of esters is 1. The molecule has 0 saturated carbocycles. The van der Waals surface area contributed by atoms with Gasteiger partial charge in [0, 0.05) is 11.0 Å². The first-order valence-electron chi connectivity index (χ1n) is 5.90. The number of aliphatic carboxylic acids is 1. The molecule has 6 nitrogen and oxygen atoms in total. The zero-order chi connectivity index (χ0) is 15.0. The lowest BCUT2D eigenvalue weighted by atomic mass is 10.3. The first kappa shape index (κ1) is 16.3. The molecule has 0 heterocycles. The van der Waals surface area contributed by atoms with Gasteiger partial charge in [-0.2, -0.15) is 0 Å². The molecular weight excluding hydrogens is 288 g/mol. The maximum atomic E-state index is 11.3. The molecule has 0 saturated heterocycles. The quantitative estimate of drug-likeness (QED) is 0.687. The predicted octanol–water partition coefficient (Wildman–Crippen LogP) is 0.153.